The molecule has 1 nitrogen and oxygen atoms in total. The molecule has 0 radical (unpaired) electrons. The molecule has 0 saturated heterocycles. The minimum absolute atomic E-state index is 0. The van der Waals surface area contributed by atoms with E-state index in [2.05, 4.69) is 11.8 Å². The van der Waals surface area contributed by atoms with Gasteiger partial charge in [0.05, 0.1) is 0 Å². The summed E-state index contributed by atoms with van der Waals surface area (Å²) < 4.78 is 0. The van der Waals surface area contributed by atoms with E-state index in [4.69, 9.17) is 0 Å². The van der Waals surface area contributed by atoms with Crippen LogP contribution >= 0.6 is 0 Å². The van der Waals surface area contributed by atoms with Gasteiger partial charge in [0.1, 0.15) is 0 Å². The minimum Gasteiger partial charge on any atom is -1.00 e. The molecule has 3 heteroatoms. The Bertz CT molecular complexity index is 66.2. The fourth-order valence-corrected chi connectivity index (χ4v) is 0.176. The molecule has 0 fully saturated rings. The van der Waals surface area contributed by atoms with Gasteiger partial charge in [-0.1, -0.05) is 13.5 Å². The topological polar surface area (TPSA) is 23.1 Å². The van der Waals surface area contributed by atoms with E-state index in [0.717, 1.165) is 6.42 Å². The average molecular weight is 187 g/mol. The molecule has 0 aliphatic rings. The number of halogens is 1. The van der Waals surface area contributed by atoms with E-state index in [1.54, 1.807) is 0 Å². The monoisotopic (exact) mass is 186 g/mol. The third-order valence-corrected chi connectivity index (χ3v) is 0.374. The van der Waals surface area contributed by atoms with Crippen molar-refractivity contribution in [3.8, 4) is 11.8 Å². The van der Waals surface area contributed by atoms with Gasteiger partial charge in [-0.05, 0) is 0 Å². The predicted octanol–water partition coefficient (Wildman–Crippen LogP) is -3.62. The van der Waals surface area contributed by atoms with Gasteiger partial charge in [-0.3, -0.25) is 0 Å². The van der Waals surface area contributed by atoms with Crippen LogP contribution in [0.1, 0.15) is 13.3 Å². The van der Waals surface area contributed by atoms with Gasteiger partial charge in [-0.15, -0.1) is 11.8 Å². The predicted molar refractivity (Wildman–Crippen MR) is 28.7 cm³/mol. The van der Waals surface area contributed by atoms with Crippen molar-refractivity contribution in [3.05, 3.63) is 0 Å². The van der Waals surface area contributed by atoms with Gasteiger partial charge >= 0.3 is 23.1 Å². The van der Waals surface area contributed by atoms with E-state index in [1.807, 2.05) is 6.92 Å². The molecule has 0 rings (SSSR count). The largest absolute Gasteiger partial charge is 2.00 e. The minimum atomic E-state index is -0.256. The maximum atomic E-state index is 9.52. The Labute approximate surface area is 76.8 Å². The molecule has 0 unspecified atom stereocenters. The van der Waals surface area contributed by atoms with Crippen LogP contribution in [-0.4, -0.2) is 29.7 Å². The summed E-state index contributed by atoms with van der Waals surface area (Å²) in [6.07, 6.45) is 0.794. The number of hydrogen-bond acceptors (Lipinski definition) is 1. The molecule has 8 heavy (non-hydrogen) atoms. The van der Waals surface area contributed by atoms with Crippen molar-refractivity contribution in [3.63, 3.8) is 0 Å². The summed E-state index contributed by atoms with van der Waals surface area (Å²) in [5.41, 5.74) is 0. The third kappa shape index (κ3) is 15.9. The maximum Gasteiger partial charge on any atom is 2.00 e. The molecule has 0 aliphatic heterocycles. The molecule has 0 aliphatic carbocycles. The van der Waals surface area contributed by atoms with E-state index in [9.17, 15) is 5.11 Å². The molecule has 0 aromatic heterocycles. The van der Waals surface area contributed by atoms with Gasteiger partial charge in [-0.25, -0.2) is 0 Å². The van der Waals surface area contributed by atoms with Crippen molar-refractivity contribution >= 4 is 23.1 Å². The van der Waals surface area contributed by atoms with Crippen LogP contribution in [0.2, 0.25) is 0 Å². The summed E-state index contributed by atoms with van der Waals surface area (Å²) in [6, 6.07) is 0. The summed E-state index contributed by atoms with van der Waals surface area (Å²) in [4.78, 5) is 0. The Morgan fingerprint density at radius 3 is 2.00 bits per heavy atom. The van der Waals surface area contributed by atoms with Crippen LogP contribution in [0.4, 0.5) is 0 Å². The van der Waals surface area contributed by atoms with Crippen LogP contribution in [-0.2, 0) is 0 Å². The molecule has 0 aromatic rings. The first kappa shape index (κ1) is 15.9. The first-order chi connectivity index (χ1) is 2.91. The zero-order chi connectivity index (χ0) is 4.83. The Morgan fingerprint density at radius 2 is 1.88 bits per heavy atom. The van der Waals surface area contributed by atoms with E-state index < -0.39 is 0 Å². The van der Waals surface area contributed by atoms with Gasteiger partial charge < -0.3 is 22.1 Å². The molecule has 0 aromatic carbocycles. The van der Waals surface area contributed by atoms with Gasteiger partial charge in [-0.2, -0.15) is 0 Å². The molecule has 0 N–H and O–H groups in total. The summed E-state index contributed by atoms with van der Waals surface area (Å²) >= 11 is 0. The fraction of sp³-hybridized carbons (Fsp3) is 0.600. The van der Waals surface area contributed by atoms with Crippen molar-refractivity contribution in [1.29, 1.82) is 0 Å². The molecular weight excluding hydrogens is 180 g/mol. The van der Waals surface area contributed by atoms with Gasteiger partial charge in [0.15, 0.2) is 0 Å². The zero-order valence-corrected chi connectivity index (χ0v) is 7.91. The number of hydrogen-bond donors (Lipinski definition) is 0. The van der Waals surface area contributed by atoms with Gasteiger partial charge in [0.2, 0.25) is 0 Å². The van der Waals surface area contributed by atoms with Crippen LogP contribution < -0.4 is 22.1 Å². The fourth-order valence-electron chi connectivity index (χ4n) is 0.176. The van der Waals surface area contributed by atoms with Gasteiger partial charge in [0.25, 0.3) is 0 Å². The molecule has 0 heterocycles. The summed E-state index contributed by atoms with van der Waals surface area (Å²) in [5, 5.41) is 9.52. The number of rotatable bonds is 0. The molecule has 42 valence electrons. The first-order valence-corrected chi connectivity index (χ1v) is 1.95. The van der Waals surface area contributed by atoms with Crippen LogP contribution in [0.3, 0.4) is 0 Å². The standard InChI is InChI=1S/C5H7O.BrH.Mg/c1-2-3-4-5-6;;/h2,5H2,1H3;1H;/q-1;;+2/p-1. The first-order valence-electron chi connectivity index (χ1n) is 1.95. The molecule has 0 bridgehead atoms. The summed E-state index contributed by atoms with van der Waals surface area (Å²) in [7, 11) is 0. The van der Waals surface area contributed by atoms with E-state index in [-0.39, 0.29) is 46.6 Å². The van der Waals surface area contributed by atoms with Crippen LogP contribution in [0.15, 0.2) is 0 Å². The van der Waals surface area contributed by atoms with Crippen LogP contribution in [0, 0.1) is 11.8 Å². The maximum absolute atomic E-state index is 9.52. The summed E-state index contributed by atoms with van der Waals surface area (Å²) in [6.45, 7) is 1.66. The Kier molecular flexibility index (Phi) is 31.1. The van der Waals surface area contributed by atoms with Gasteiger partial charge in [0, 0.05) is 6.42 Å². The molecule has 0 spiro atoms. The van der Waals surface area contributed by atoms with Crippen LogP contribution in [0.25, 0.3) is 0 Å². The van der Waals surface area contributed by atoms with E-state index in [0.29, 0.717) is 0 Å². The SMILES string of the molecule is CCC#CC[O-].[Br-].[Mg+2]. The zero-order valence-electron chi connectivity index (χ0n) is 4.91. The van der Waals surface area contributed by atoms with Crippen molar-refractivity contribution in [2.75, 3.05) is 6.61 Å². The Hall–Kier alpha value is 0.766. The molecular formula is C5H7BrMgO. The normalized spacial score (nSPS) is 4.75. The second-order valence-corrected chi connectivity index (χ2v) is 0.851. The second kappa shape index (κ2) is 15.7. The van der Waals surface area contributed by atoms with E-state index in [1.165, 1.54) is 0 Å². The summed E-state index contributed by atoms with van der Waals surface area (Å²) in [5.74, 6) is 5.03. The smallest absolute Gasteiger partial charge is 1.00 e. The Balaban J connectivity index is -0.000000125. The quantitative estimate of drug-likeness (QED) is 0.284. The second-order valence-electron chi connectivity index (χ2n) is 0.851. The molecule has 0 amide bonds. The molecule has 0 atom stereocenters. The van der Waals surface area contributed by atoms with Crippen molar-refractivity contribution < 1.29 is 22.1 Å². The average Bonchev–Trinajstić information content (AvgIpc) is 1.61. The van der Waals surface area contributed by atoms with Crippen molar-refractivity contribution in [2.45, 2.75) is 13.3 Å². The third-order valence-electron chi connectivity index (χ3n) is 0.374. The van der Waals surface area contributed by atoms with Crippen molar-refractivity contribution in [2.24, 2.45) is 0 Å². The van der Waals surface area contributed by atoms with Crippen molar-refractivity contribution in [1.82, 2.24) is 0 Å². The van der Waals surface area contributed by atoms with Crippen LogP contribution in [0.5, 0.6) is 0 Å². The van der Waals surface area contributed by atoms with E-state index >= 15 is 0 Å². The molecule has 0 saturated carbocycles. The Morgan fingerprint density at radius 1 is 1.38 bits per heavy atom.